The van der Waals surface area contributed by atoms with Crippen LogP contribution in [-0.2, 0) is 6.42 Å². The van der Waals surface area contributed by atoms with Crippen molar-refractivity contribution in [3.05, 3.63) is 60.2 Å². The first-order valence-electron chi connectivity index (χ1n) is 13.5. The van der Waals surface area contributed by atoms with Crippen molar-refractivity contribution < 1.29 is 0 Å². The van der Waals surface area contributed by atoms with Crippen LogP contribution in [0.4, 0.5) is 0 Å². The van der Waals surface area contributed by atoms with Crippen LogP contribution < -0.4 is 0 Å². The SMILES string of the molecule is CC/C=C/CCCCCCCCCCCCCCCCCc1ccc2ccccc2c1. The zero-order valence-electron chi connectivity index (χ0n) is 20.4. The second kappa shape index (κ2) is 18.1. The first-order chi connectivity index (χ1) is 15.4. The van der Waals surface area contributed by atoms with Gasteiger partial charge in [0.05, 0.1) is 0 Å². The van der Waals surface area contributed by atoms with Crippen LogP contribution in [0.25, 0.3) is 10.8 Å². The van der Waals surface area contributed by atoms with Crippen molar-refractivity contribution in [1.82, 2.24) is 0 Å². The van der Waals surface area contributed by atoms with Gasteiger partial charge in [0.15, 0.2) is 0 Å². The van der Waals surface area contributed by atoms with Crippen LogP contribution in [0.2, 0.25) is 0 Å². The average Bonchev–Trinajstić information content (AvgIpc) is 2.80. The Morgan fingerprint density at radius 1 is 0.516 bits per heavy atom. The molecule has 0 aromatic heterocycles. The van der Waals surface area contributed by atoms with Crippen molar-refractivity contribution in [1.29, 1.82) is 0 Å². The summed E-state index contributed by atoms with van der Waals surface area (Å²) < 4.78 is 0. The smallest absolute Gasteiger partial charge is 0.0181 e. The van der Waals surface area contributed by atoms with Crippen LogP contribution in [0.5, 0.6) is 0 Å². The first kappa shape index (κ1) is 25.7. The molecule has 0 unspecified atom stereocenters. The minimum Gasteiger partial charge on any atom is -0.0888 e. The lowest BCUT2D eigenvalue weighted by Crippen LogP contribution is -1.87. The van der Waals surface area contributed by atoms with Gasteiger partial charge in [0.2, 0.25) is 0 Å². The molecule has 2 rings (SSSR count). The summed E-state index contributed by atoms with van der Waals surface area (Å²) in [5, 5.41) is 2.74. The molecular formula is C31H48. The molecule has 0 amide bonds. The highest BCUT2D eigenvalue weighted by Gasteiger charge is 1.98. The molecule has 2 aromatic rings. The van der Waals surface area contributed by atoms with E-state index in [1.54, 1.807) is 0 Å². The van der Waals surface area contributed by atoms with Crippen molar-refractivity contribution in [2.75, 3.05) is 0 Å². The third-order valence-electron chi connectivity index (χ3n) is 6.55. The lowest BCUT2D eigenvalue weighted by atomic mass is 10.0. The Bertz CT molecular complexity index is 696. The molecule has 2 aromatic carbocycles. The molecule has 0 bridgehead atoms. The van der Waals surface area contributed by atoms with E-state index in [4.69, 9.17) is 0 Å². The molecule has 0 aliphatic carbocycles. The van der Waals surface area contributed by atoms with Crippen LogP contribution in [0.1, 0.15) is 122 Å². The van der Waals surface area contributed by atoms with Crippen molar-refractivity contribution in [3.63, 3.8) is 0 Å². The van der Waals surface area contributed by atoms with E-state index < -0.39 is 0 Å². The Morgan fingerprint density at radius 3 is 1.61 bits per heavy atom. The maximum absolute atomic E-state index is 2.38. The van der Waals surface area contributed by atoms with E-state index in [0.717, 1.165) is 0 Å². The van der Waals surface area contributed by atoms with Gasteiger partial charge in [0.1, 0.15) is 0 Å². The van der Waals surface area contributed by atoms with Crippen LogP contribution in [0.15, 0.2) is 54.6 Å². The van der Waals surface area contributed by atoms with Crippen LogP contribution in [0.3, 0.4) is 0 Å². The number of allylic oxidation sites excluding steroid dienone is 2. The van der Waals surface area contributed by atoms with E-state index >= 15 is 0 Å². The molecule has 0 heterocycles. The van der Waals surface area contributed by atoms with Gasteiger partial charge in [-0.2, -0.15) is 0 Å². The second-order valence-electron chi connectivity index (χ2n) is 9.40. The molecule has 0 spiro atoms. The standard InChI is InChI=1S/C31H48/c1-2-3-4-5-6-7-8-9-10-11-12-13-14-15-16-17-18-19-20-23-29-26-27-30-24-21-22-25-31(30)28-29/h3-4,21-22,24-28H,2,5-20,23H2,1H3/b4-3+. The predicted molar refractivity (Wildman–Crippen MR) is 141 cm³/mol. The number of fused-ring (bicyclic) bond motifs is 1. The van der Waals surface area contributed by atoms with Crippen molar-refractivity contribution in [2.24, 2.45) is 0 Å². The van der Waals surface area contributed by atoms with Gasteiger partial charge in [-0.25, -0.2) is 0 Å². The highest BCUT2D eigenvalue weighted by atomic mass is 14.0. The summed E-state index contributed by atoms with van der Waals surface area (Å²) in [4.78, 5) is 0. The Labute approximate surface area is 193 Å². The molecule has 0 atom stereocenters. The zero-order chi connectivity index (χ0) is 21.8. The van der Waals surface area contributed by atoms with Crippen LogP contribution in [-0.4, -0.2) is 0 Å². The quantitative estimate of drug-likeness (QED) is 0.156. The Kier molecular flexibility index (Phi) is 15.0. The summed E-state index contributed by atoms with van der Waals surface area (Å²) in [6, 6.07) is 15.7. The number of hydrogen-bond acceptors (Lipinski definition) is 0. The van der Waals surface area contributed by atoms with Crippen LogP contribution >= 0.6 is 0 Å². The molecule has 0 aliphatic heterocycles. The molecule has 31 heavy (non-hydrogen) atoms. The van der Waals surface area contributed by atoms with Crippen molar-refractivity contribution in [2.45, 2.75) is 122 Å². The van der Waals surface area contributed by atoms with E-state index in [1.807, 2.05) is 0 Å². The van der Waals surface area contributed by atoms with Crippen molar-refractivity contribution >= 4 is 10.8 Å². The molecule has 0 aliphatic rings. The molecule has 0 heteroatoms. The van der Waals surface area contributed by atoms with E-state index in [1.165, 1.54) is 132 Å². The fourth-order valence-electron chi connectivity index (χ4n) is 4.57. The van der Waals surface area contributed by atoms with E-state index in [2.05, 4.69) is 61.5 Å². The maximum Gasteiger partial charge on any atom is -0.0181 e. The summed E-state index contributed by atoms with van der Waals surface area (Å²) in [5.74, 6) is 0. The summed E-state index contributed by atoms with van der Waals surface area (Å²) >= 11 is 0. The first-order valence-corrected chi connectivity index (χ1v) is 13.5. The molecular weight excluding hydrogens is 372 g/mol. The number of benzene rings is 2. The Hall–Kier alpha value is -1.56. The van der Waals surface area contributed by atoms with Gasteiger partial charge in [-0.05, 0) is 48.4 Å². The zero-order valence-corrected chi connectivity index (χ0v) is 20.4. The molecule has 0 saturated carbocycles. The summed E-state index contributed by atoms with van der Waals surface area (Å²) in [7, 11) is 0. The average molecular weight is 421 g/mol. The van der Waals surface area contributed by atoms with Gasteiger partial charge in [0, 0.05) is 0 Å². The van der Waals surface area contributed by atoms with Crippen LogP contribution in [0, 0.1) is 0 Å². The largest absolute Gasteiger partial charge is 0.0888 e. The van der Waals surface area contributed by atoms with Gasteiger partial charge in [-0.15, -0.1) is 0 Å². The molecule has 172 valence electrons. The highest BCUT2D eigenvalue weighted by Crippen LogP contribution is 2.18. The van der Waals surface area contributed by atoms with Gasteiger partial charge in [-0.3, -0.25) is 0 Å². The van der Waals surface area contributed by atoms with Crippen molar-refractivity contribution in [3.8, 4) is 0 Å². The lowest BCUT2D eigenvalue weighted by molar-refractivity contribution is 0.530. The third kappa shape index (κ3) is 12.8. The monoisotopic (exact) mass is 420 g/mol. The Balaban J connectivity index is 1.30. The summed E-state index contributed by atoms with van der Waals surface area (Å²) in [6.07, 6.45) is 29.9. The number of aryl methyl sites for hydroxylation is 1. The van der Waals surface area contributed by atoms with E-state index in [9.17, 15) is 0 Å². The second-order valence-corrected chi connectivity index (χ2v) is 9.40. The van der Waals surface area contributed by atoms with Gasteiger partial charge < -0.3 is 0 Å². The van der Waals surface area contributed by atoms with Gasteiger partial charge in [0.25, 0.3) is 0 Å². The molecule has 0 radical (unpaired) electrons. The Morgan fingerprint density at radius 2 is 1.03 bits per heavy atom. The fourth-order valence-corrected chi connectivity index (χ4v) is 4.57. The molecule has 0 nitrogen and oxygen atoms in total. The maximum atomic E-state index is 2.38. The summed E-state index contributed by atoms with van der Waals surface area (Å²) in [5.41, 5.74) is 1.50. The van der Waals surface area contributed by atoms with E-state index in [-0.39, 0.29) is 0 Å². The van der Waals surface area contributed by atoms with Gasteiger partial charge >= 0.3 is 0 Å². The highest BCUT2D eigenvalue weighted by molar-refractivity contribution is 5.82. The molecule has 0 N–H and O–H groups in total. The normalized spacial score (nSPS) is 11.6. The molecule has 0 fully saturated rings. The number of unbranched alkanes of at least 4 members (excludes halogenated alkanes) is 15. The number of hydrogen-bond donors (Lipinski definition) is 0. The minimum absolute atomic E-state index is 1.19. The van der Waals surface area contributed by atoms with E-state index in [0.29, 0.717) is 0 Å². The lowest BCUT2D eigenvalue weighted by Gasteiger charge is -2.05. The van der Waals surface area contributed by atoms with Gasteiger partial charge in [-0.1, -0.05) is 145 Å². The molecule has 0 saturated heterocycles. The predicted octanol–water partition coefficient (Wildman–Crippen LogP) is 10.6. The minimum atomic E-state index is 1.19. The summed E-state index contributed by atoms with van der Waals surface area (Å²) in [6.45, 7) is 2.21. The topological polar surface area (TPSA) is 0 Å². The number of rotatable bonds is 19. The fraction of sp³-hybridized carbons (Fsp3) is 0.613. The third-order valence-corrected chi connectivity index (χ3v) is 6.55.